The van der Waals surface area contributed by atoms with Crippen LogP contribution in [0.3, 0.4) is 0 Å². The maximum Gasteiger partial charge on any atom is 0.307 e. The zero-order chi connectivity index (χ0) is 11.1. The molecule has 0 amide bonds. The van der Waals surface area contributed by atoms with E-state index in [1.54, 1.807) is 0 Å². The van der Waals surface area contributed by atoms with E-state index in [0.717, 1.165) is 25.1 Å². The Kier molecular flexibility index (Phi) is 4.84. The molecule has 0 heterocycles. The lowest BCUT2D eigenvalue weighted by Crippen LogP contribution is -2.13. The lowest BCUT2D eigenvalue weighted by molar-refractivity contribution is -0.136. The standard InChI is InChI=1S/C12H17NO2/c1-2-7-13-9-11-5-3-10(4-6-11)8-12(14)15/h3-6,13H,2,7-9H2,1H3,(H,14,15). The molecular formula is C12H17NO2. The van der Waals surface area contributed by atoms with Gasteiger partial charge in [-0.1, -0.05) is 31.2 Å². The molecule has 0 unspecified atom stereocenters. The SMILES string of the molecule is CCCNCc1ccc(CC(=O)O)cc1. The number of carboxylic acids is 1. The van der Waals surface area contributed by atoms with Crippen LogP contribution in [0.25, 0.3) is 0 Å². The van der Waals surface area contributed by atoms with Gasteiger partial charge in [0.05, 0.1) is 6.42 Å². The molecule has 1 aromatic rings. The molecule has 0 aliphatic rings. The molecule has 0 fully saturated rings. The summed E-state index contributed by atoms with van der Waals surface area (Å²) in [5.74, 6) is -0.785. The molecular weight excluding hydrogens is 190 g/mol. The highest BCUT2D eigenvalue weighted by molar-refractivity contribution is 5.70. The van der Waals surface area contributed by atoms with E-state index in [1.807, 2.05) is 24.3 Å². The molecule has 0 radical (unpaired) electrons. The lowest BCUT2D eigenvalue weighted by atomic mass is 10.1. The van der Waals surface area contributed by atoms with E-state index in [2.05, 4.69) is 12.2 Å². The van der Waals surface area contributed by atoms with E-state index in [0.29, 0.717) is 0 Å². The van der Waals surface area contributed by atoms with Crippen LogP contribution in [-0.4, -0.2) is 17.6 Å². The smallest absolute Gasteiger partial charge is 0.307 e. The quantitative estimate of drug-likeness (QED) is 0.699. The summed E-state index contributed by atoms with van der Waals surface area (Å²) in [5, 5.41) is 11.9. The second-order valence-corrected chi connectivity index (χ2v) is 3.56. The number of carboxylic acid groups (broad SMARTS) is 1. The van der Waals surface area contributed by atoms with Crippen LogP contribution < -0.4 is 5.32 Å². The normalized spacial score (nSPS) is 10.2. The van der Waals surface area contributed by atoms with Crippen molar-refractivity contribution in [3.05, 3.63) is 35.4 Å². The summed E-state index contributed by atoms with van der Waals surface area (Å²) in [4.78, 5) is 10.5. The number of nitrogens with one attached hydrogen (secondary N) is 1. The zero-order valence-electron chi connectivity index (χ0n) is 8.99. The molecule has 3 heteroatoms. The summed E-state index contributed by atoms with van der Waals surface area (Å²) in [6, 6.07) is 7.69. The molecule has 0 aliphatic heterocycles. The van der Waals surface area contributed by atoms with Crippen LogP contribution in [0.5, 0.6) is 0 Å². The Labute approximate surface area is 90.1 Å². The van der Waals surface area contributed by atoms with E-state index < -0.39 is 5.97 Å². The van der Waals surface area contributed by atoms with Crippen LogP contribution in [0.15, 0.2) is 24.3 Å². The van der Waals surface area contributed by atoms with Gasteiger partial charge in [-0.3, -0.25) is 4.79 Å². The molecule has 3 nitrogen and oxygen atoms in total. The molecule has 82 valence electrons. The number of carbonyl (C=O) groups is 1. The molecule has 0 aliphatic carbocycles. The average molecular weight is 207 g/mol. The molecule has 0 aromatic heterocycles. The minimum absolute atomic E-state index is 0.0999. The predicted molar refractivity (Wildman–Crippen MR) is 59.8 cm³/mol. The first-order valence-corrected chi connectivity index (χ1v) is 5.22. The van der Waals surface area contributed by atoms with Gasteiger partial charge in [0.25, 0.3) is 0 Å². The topological polar surface area (TPSA) is 49.3 Å². The summed E-state index contributed by atoms with van der Waals surface area (Å²) in [6.45, 7) is 3.99. The third-order valence-electron chi connectivity index (χ3n) is 2.13. The van der Waals surface area contributed by atoms with Crippen molar-refractivity contribution in [2.45, 2.75) is 26.3 Å². The highest BCUT2D eigenvalue weighted by Gasteiger charge is 1.99. The molecule has 2 N–H and O–H groups in total. The van der Waals surface area contributed by atoms with Crippen molar-refractivity contribution in [3.63, 3.8) is 0 Å². The van der Waals surface area contributed by atoms with Crippen LogP contribution in [0.1, 0.15) is 24.5 Å². The Morgan fingerprint density at radius 2 is 1.87 bits per heavy atom. The molecule has 15 heavy (non-hydrogen) atoms. The minimum Gasteiger partial charge on any atom is -0.481 e. The Morgan fingerprint density at radius 1 is 1.27 bits per heavy atom. The van der Waals surface area contributed by atoms with Gasteiger partial charge in [-0.15, -0.1) is 0 Å². The fourth-order valence-corrected chi connectivity index (χ4v) is 1.36. The molecule has 1 rings (SSSR count). The van der Waals surface area contributed by atoms with Gasteiger partial charge in [-0.25, -0.2) is 0 Å². The monoisotopic (exact) mass is 207 g/mol. The fraction of sp³-hybridized carbons (Fsp3) is 0.417. The van der Waals surface area contributed by atoms with E-state index in [9.17, 15) is 4.79 Å². The first kappa shape index (κ1) is 11.7. The molecule has 1 aromatic carbocycles. The fourth-order valence-electron chi connectivity index (χ4n) is 1.36. The molecule has 0 saturated heterocycles. The van der Waals surface area contributed by atoms with Crippen LogP contribution in [0.4, 0.5) is 0 Å². The van der Waals surface area contributed by atoms with Gasteiger partial charge < -0.3 is 10.4 Å². The minimum atomic E-state index is -0.785. The van der Waals surface area contributed by atoms with Gasteiger partial charge in [0.1, 0.15) is 0 Å². The van der Waals surface area contributed by atoms with Gasteiger partial charge in [-0.2, -0.15) is 0 Å². The van der Waals surface area contributed by atoms with Crippen LogP contribution >= 0.6 is 0 Å². The average Bonchev–Trinajstić information content (AvgIpc) is 2.20. The first-order valence-electron chi connectivity index (χ1n) is 5.22. The summed E-state index contributed by atoms with van der Waals surface area (Å²) >= 11 is 0. The van der Waals surface area contributed by atoms with Crippen molar-refractivity contribution in [1.29, 1.82) is 0 Å². The molecule has 0 saturated carbocycles. The van der Waals surface area contributed by atoms with Crippen LogP contribution in [0, 0.1) is 0 Å². The van der Waals surface area contributed by atoms with Crippen molar-refractivity contribution in [2.75, 3.05) is 6.54 Å². The van der Waals surface area contributed by atoms with Gasteiger partial charge >= 0.3 is 5.97 Å². The van der Waals surface area contributed by atoms with Crippen LogP contribution in [-0.2, 0) is 17.8 Å². The first-order chi connectivity index (χ1) is 7.22. The predicted octanol–water partition coefficient (Wildman–Crippen LogP) is 1.81. The van der Waals surface area contributed by atoms with Crippen LogP contribution in [0.2, 0.25) is 0 Å². The van der Waals surface area contributed by atoms with Crippen molar-refractivity contribution < 1.29 is 9.90 Å². The maximum absolute atomic E-state index is 10.5. The summed E-state index contributed by atoms with van der Waals surface area (Å²) < 4.78 is 0. The Morgan fingerprint density at radius 3 is 2.40 bits per heavy atom. The summed E-state index contributed by atoms with van der Waals surface area (Å²) in [5.41, 5.74) is 2.04. The van der Waals surface area contributed by atoms with Crippen molar-refractivity contribution >= 4 is 5.97 Å². The van der Waals surface area contributed by atoms with E-state index in [-0.39, 0.29) is 6.42 Å². The summed E-state index contributed by atoms with van der Waals surface area (Å²) in [7, 11) is 0. The van der Waals surface area contributed by atoms with E-state index in [1.165, 1.54) is 5.56 Å². The van der Waals surface area contributed by atoms with Gasteiger partial charge in [0, 0.05) is 6.54 Å². The van der Waals surface area contributed by atoms with Gasteiger partial charge in [0.2, 0.25) is 0 Å². The van der Waals surface area contributed by atoms with Crippen molar-refractivity contribution in [1.82, 2.24) is 5.32 Å². The molecule has 0 bridgehead atoms. The number of hydrogen-bond donors (Lipinski definition) is 2. The van der Waals surface area contributed by atoms with Crippen molar-refractivity contribution in [3.8, 4) is 0 Å². The molecule has 0 atom stereocenters. The Balaban J connectivity index is 2.45. The largest absolute Gasteiger partial charge is 0.481 e. The third-order valence-corrected chi connectivity index (χ3v) is 2.13. The number of aliphatic carboxylic acids is 1. The number of rotatable bonds is 6. The van der Waals surface area contributed by atoms with E-state index in [4.69, 9.17) is 5.11 Å². The highest BCUT2D eigenvalue weighted by Crippen LogP contribution is 2.05. The summed E-state index contributed by atoms with van der Waals surface area (Å²) in [6.07, 6.45) is 1.22. The van der Waals surface area contributed by atoms with Gasteiger partial charge in [0.15, 0.2) is 0 Å². The molecule has 0 spiro atoms. The Bertz CT molecular complexity index is 306. The number of benzene rings is 1. The van der Waals surface area contributed by atoms with Crippen molar-refractivity contribution in [2.24, 2.45) is 0 Å². The second kappa shape index (κ2) is 6.19. The second-order valence-electron chi connectivity index (χ2n) is 3.56. The third kappa shape index (κ3) is 4.61. The Hall–Kier alpha value is -1.35. The number of hydrogen-bond acceptors (Lipinski definition) is 2. The highest BCUT2D eigenvalue weighted by atomic mass is 16.4. The lowest BCUT2D eigenvalue weighted by Gasteiger charge is -2.04. The van der Waals surface area contributed by atoms with E-state index >= 15 is 0 Å². The maximum atomic E-state index is 10.5. The zero-order valence-corrected chi connectivity index (χ0v) is 8.99. The van der Waals surface area contributed by atoms with Gasteiger partial charge in [-0.05, 0) is 24.1 Å².